The molecule has 3 amide bonds. The minimum absolute atomic E-state index is 0.0439. The lowest BCUT2D eigenvalue weighted by Gasteiger charge is -2.28. The number of imide groups is 1. The van der Waals surface area contributed by atoms with E-state index >= 15 is 0 Å². The van der Waals surface area contributed by atoms with Gasteiger partial charge in [0.05, 0.1) is 12.1 Å². The Bertz CT molecular complexity index is 1210. The molecule has 1 aliphatic rings. The molecule has 0 bridgehead atoms. The maximum absolute atomic E-state index is 13.8. The molecule has 4 rings (SSSR count). The molecular formula is C26H22ClFN2O3. The zero-order valence-electron chi connectivity index (χ0n) is 18.0. The summed E-state index contributed by atoms with van der Waals surface area (Å²) in [6, 6.07) is 18.4. The number of nitrogens with zero attached hydrogens (tertiary/aromatic N) is 2. The molecule has 1 heterocycles. The molecule has 0 aliphatic carbocycles. The van der Waals surface area contributed by atoms with Gasteiger partial charge in [-0.1, -0.05) is 48.9 Å². The van der Waals surface area contributed by atoms with Gasteiger partial charge in [0, 0.05) is 17.1 Å². The lowest BCUT2D eigenvalue weighted by molar-refractivity contribution is -0.122. The molecule has 1 fully saturated rings. The molecule has 33 heavy (non-hydrogen) atoms. The van der Waals surface area contributed by atoms with Crippen LogP contribution in [-0.4, -0.2) is 28.7 Å². The van der Waals surface area contributed by atoms with Crippen molar-refractivity contribution < 1.29 is 18.8 Å². The van der Waals surface area contributed by atoms with Gasteiger partial charge in [0.1, 0.15) is 11.9 Å². The van der Waals surface area contributed by atoms with Crippen molar-refractivity contribution in [3.8, 4) is 0 Å². The maximum Gasteiger partial charge on any atom is 0.257 e. The molecule has 0 spiro atoms. The summed E-state index contributed by atoms with van der Waals surface area (Å²) in [5.74, 6) is -1.98. The molecule has 7 heteroatoms. The first kappa shape index (κ1) is 22.7. The summed E-state index contributed by atoms with van der Waals surface area (Å²) in [6.07, 6.45) is 0.677. The Kier molecular flexibility index (Phi) is 6.56. The number of carbonyl (C=O) groups is 3. The van der Waals surface area contributed by atoms with Crippen molar-refractivity contribution in [2.75, 3.05) is 4.90 Å². The second kappa shape index (κ2) is 9.55. The fraction of sp³-hybridized carbons (Fsp3) is 0.192. The van der Waals surface area contributed by atoms with E-state index in [1.54, 1.807) is 36.4 Å². The maximum atomic E-state index is 13.8. The average Bonchev–Trinajstić information content (AvgIpc) is 3.10. The molecular weight excluding hydrogens is 443 g/mol. The van der Waals surface area contributed by atoms with Gasteiger partial charge in [-0.05, 0) is 60.0 Å². The van der Waals surface area contributed by atoms with E-state index in [4.69, 9.17) is 11.6 Å². The standard InChI is InChI=1S/C26H22ClFN2O3/c1-2-17-9-11-22(12-10-17)30-24(31)15-23(26(30)33)29(16-18-5-3-7-20(27)13-18)25(32)19-6-4-8-21(28)14-19/h3-14,23H,2,15-16H2,1H3. The van der Waals surface area contributed by atoms with Crippen LogP contribution in [0.2, 0.25) is 5.02 Å². The molecule has 1 unspecified atom stereocenters. The summed E-state index contributed by atoms with van der Waals surface area (Å²) < 4.78 is 13.8. The molecule has 3 aromatic rings. The Morgan fingerprint density at radius 1 is 1.03 bits per heavy atom. The SMILES string of the molecule is CCc1ccc(N2C(=O)CC(N(Cc3cccc(Cl)c3)C(=O)c3cccc(F)c3)C2=O)cc1. The highest BCUT2D eigenvalue weighted by Gasteiger charge is 2.44. The van der Waals surface area contributed by atoms with Gasteiger partial charge in [-0.15, -0.1) is 0 Å². The number of hydrogen-bond donors (Lipinski definition) is 0. The van der Waals surface area contributed by atoms with E-state index in [-0.39, 0.29) is 18.5 Å². The molecule has 1 atom stereocenters. The highest BCUT2D eigenvalue weighted by molar-refractivity contribution is 6.30. The first-order valence-electron chi connectivity index (χ1n) is 10.6. The Morgan fingerprint density at radius 3 is 2.42 bits per heavy atom. The van der Waals surface area contributed by atoms with Crippen molar-refractivity contribution >= 4 is 35.0 Å². The summed E-state index contributed by atoms with van der Waals surface area (Å²) in [7, 11) is 0. The fourth-order valence-corrected chi connectivity index (χ4v) is 4.17. The van der Waals surface area contributed by atoms with Crippen molar-refractivity contribution in [3.63, 3.8) is 0 Å². The molecule has 0 saturated carbocycles. The van der Waals surface area contributed by atoms with Crippen LogP contribution in [0.1, 0.15) is 34.8 Å². The zero-order chi connectivity index (χ0) is 23.5. The first-order valence-corrected chi connectivity index (χ1v) is 11.0. The molecule has 1 saturated heterocycles. The van der Waals surface area contributed by atoms with Gasteiger partial charge in [-0.2, -0.15) is 0 Å². The average molecular weight is 465 g/mol. The van der Waals surface area contributed by atoms with Gasteiger partial charge in [0.2, 0.25) is 5.91 Å². The minimum atomic E-state index is -1.02. The molecule has 5 nitrogen and oxygen atoms in total. The van der Waals surface area contributed by atoms with Gasteiger partial charge in [0.25, 0.3) is 11.8 Å². The number of hydrogen-bond acceptors (Lipinski definition) is 3. The number of aryl methyl sites for hydroxylation is 1. The summed E-state index contributed by atoms with van der Waals surface area (Å²) >= 11 is 6.10. The number of halogens is 2. The van der Waals surface area contributed by atoms with Gasteiger partial charge >= 0.3 is 0 Å². The van der Waals surface area contributed by atoms with Gasteiger partial charge in [-0.3, -0.25) is 14.4 Å². The van der Waals surface area contributed by atoms with E-state index in [9.17, 15) is 18.8 Å². The van der Waals surface area contributed by atoms with E-state index in [0.29, 0.717) is 16.3 Å². The number of carbonyl (C=O) groups excluding carboxylic acids is 3. The number of amides is 3. The quantitative estimate of drug-likeness (QED) is 0.481. The minimum Gasteiger partial charge on any atom is -0.322 e. The Balaban J connectivity index is 1.69. The van der Waals surface area contributed by atoms with Crippen LogP contribution in [0.4, 0.5) is 10.1 Å². The number of benzene rings is 3. The lowest BCUT2D eigenvalue weighted by atomic mass is 10.1. The van der Waals surface area contributed by atoms with E-state index in [2.05, 4.69) is 0 Å². The topological polar surface area (TPSA) is 57.7 Å². The molecule has 1 aliphatic heterocycles. The van der Waals surface area contributed by atoms with Gasteiger partial charge in [-0.25, -0.2) is 9.29 Å². The van der Waals surface area contributed by atoms with Crippen LogP contribution >= 0.6 is 11.6 Å². The van der Waals surface area contributed by atoms with Crippen LogP contribution in [0.5, 0.6) is 0 Å². The molecule has 0 N–H and O–H groups in total. The van der Waals surface area contributed by atoms with Crippen LogP contribution in [0, 0.1) is 5.82 Å². The van der Waals surface area contributed by atoms with E-state index in [1.165, 1.54) is 23.1 Å². The third-order valence-electron chi connectivity index (χ3n) is 5.68. The summed E-state index contributed by atoms with van der Waals surface area (Å²) in [5, 5.41) is 0.483. The predicted molar refractivity (Wildman–Crippen MR) is 124 cm³/mol. The van der Waals surface area contributed by atoms with Crippen LogP contribution in [0.3, 0.4) is 0 Å². The molecule has 168 valence electrons. The second-order valence-electron chi connectivity index (χ2n) is 7.88. The monoisotopic (exact) mass is 464 g/mol. The highest BCUT2D eigenvalue weighted by atomic mass is 35.5. The van der Waals surface area contributed by atoms with Crippen molar-refractivity contribution in [1.29, 1.82) is 0 Å². The molecule has 0 aromatic heterocycles. The number of anilines is 1. The van der Waals surface area contributed by atoms with Gasteiger partial charge < -0.3 is 4.90 Å². The second-order valence-corrected chi connectivity index (χ2v) is 8.32. The van der Waals surface area contributed by atoms with Crippen molar-refractivity contribution in [2.24, 2.45) is 0 Å². The van der Waals surface area contributed by atoms with E-state index in [0.717, 1.165) is 23.0 Å². The van der Waals surface area contributed by atoms with Crippen LogP contribution < -0.4 is 4.90 Å². The van der Waals surface area contributed by atoms with E-state index in [1.807, 2.05) is 19.1 Å². The largest absolute Gasteiger partial charge is 0.322 e. The molecule has 3 aromatic carbocycles. The smallest absolute Gasteiger partial charge is 0.257 e. The Labute approximate surface area is 196 Å². The first-order chi connectivity index (χ1) is 15.9. The Morgan fingerprint density at radius 2 is 1.76 bits per heavy atom. The number of rotatable bonds is 6. The van der Waals surface area contributed by atoms with Gasteiger partial charge in [0.15, 0.2) is 0 Å². The van der Waals surface area contributed by atoms with E-state index < -0.39 is 29.6 Å². The van der Waals surface area contributed by atoms with Crippen LogP contribution in [0.15, 0.2) is 72.8 Å². The Hall–Kier alpha value is -3.51. The summed E-state index contributed by atoms with van der Waals surface area (Å²) in [4.78, 5) is 42.1. The van der Waals surface area contributed by atoms with Crippen molar-refractivity contribution in [1.82, 2.24) is 4.90 Å². The third kappa shape index (κ3) is 4.81. The summed E-state index contributed by atoms with van der Waals surface area (Å²) in [6.45, 7) is 2.06. The zero-order valence-corrected chi connectivity index (χ0v) is 18.8. The normalized spacial score (nSPS) is 15.7. The highest BCUT2D eigenvalue weighted by Crippen LogP contribution is 2.28. The van der Waals surface area contributed by atoms with Crippen molar-refractivity contribution in [3.05, 3.63) is 100 Å². The summed E-state index contributed by atoms with van der Waals surface area (Å²) in [5.41, 5.74) is 2.34. The fourth-order valence-electron chi connectivity index (χ4n) is 3.95. The van der Waals surface area contributed by atoms with Crippen LogP contribution in [-0.2, 0) is 22.6 Å². The lowest BCUT2D eigenvalue weighted by Crippen LogP contribution is -2.45. The van der Waals surface area contributed by atoms with Crippen LogP contribution in [0.25, 0.3) is 0 Å². The predicted octanol–water partition coefficient (Wildman–Crippen LogP) is 5.02. The molecule has 0 radical (unpaired) electrons. The van der Waals surface area contributed by atoms with Crippen molar-refractivity contribution in [2.45, 2.75) is 32.4 Å². The third-order valence-corrected chi connectivity index (χ3v) is 5.91.